The summed E-state index contributed by atoms with van der Waals surface area (Å²) >= 11 is 0. The Kier molecular flexibility index (Phi) is 5.06. The van der Waals surface area contributed by atoms with Crippen LogP contribution in [-0.2, 0) is 11.3 Å². The van der Waals surface area contributed by atoms with E-state index in [1.807, 2.05) is 24.3 Å². The molecule has 3 fully saturated rings. The number of halogens is 1. The van der Waals surface area contributed by atoms with Crippen molar-refractivity contribution in [2.24, 2.45) is 17.8 Å². The molecule has 29 heavy (non-hydrogen) atoms. The minimum absolute atomic E-state index is 0.159. The Balaban J connectivity index is 1.09. The lowest BCUT2D eigenvalue weighted by Gasteiger charge is -2.29. The molecular weight excluding hydrogens is 369 g/mol. The highest BCUT2D eigenvalue weighted by atomic mass is 19.1. The lowest BCUT2D eigenvalue weighted by atomic mass is 10.2. The molecular formula is C23H28FN3O2. The number of hydrogen-bond donors (Lipinski definition) is 2. The summed E-state index contributed by atoms with van der Waals surface area (Å²) in [4.78, 5) is 4.55. The summed E-state index contributed by atoms with van der Waals surface area (Å²) in [6.45, 7) is 6.93. The van der Waals surface area contributed by atoms with Crippen molar-refractivity contribution in [2.45, 2.75) is 6.54 Å². The van der Waals surface area contributed by atoms with Crippen molar-refractivity contribution in [3.63, 3.8) is 0 Å². The number of benzene rings is 2. The maximum atomic E-state index is 14.5. The topological polar surface area (TPSA) is 48.0 Å². The van der Waals surface area contributed by atoms with Gasteiger partial charge in [0, 0.05) is 45.0 Å². The SMILES string of the molecule is Oc1ccc(CN2CC3C(CNc4ccc(N5CCOCC5)c(F)c4)C3C2)cc1. The van der Waals surface area contributed by atoms with Crippen LogP contribution >= 0.6 is 0 Å². The highest BCUT2D eigenvalue weighted by molar-refractivity contribution is 5.56. The van der Waals surface area contributed by atoms with Crippen molar-refractivity contribution in [3.05, 3.63) is 53.8 Å². The Bertz CT molecular complexity index is 842. The van der Waals surface area contributed by atoms with Crippen LogP contribution in [0.1, 0.15) is 5.56 Å². The highest BCUT2D eigenvalue weighted by Crippen LogP contribution is 2.51. The Labute approximate surface area is 171 Å². The van der Waals surface area contributed by atoms with Crippen LogP contribution in [0.2, 0.25) is 0 Å². The van der Waals surface area contributed by atoms with Gasteiger partial charge in [0.15, 0.2) is 0 Å². The predicted molar refractivity (Wildman–Crippen MR) is 112 cm³/mol. The molecule has 2 aliphatic heterocycles. The van der Waals surface area contributed by atoms with Crippen LogP contribution in [0, 0.1) is 23.6 Å². The van der Waals surface area contributed by atoms with E-state index < -0.39 is 0 Å². The maximum absolute atomic E-state index is 14.5. The molecule has 2 aromatic rings. The molecule has 3 aliphatic rings. The van der Waals surface area contributed by atoms with Gasteiger partial charge in [-0.15, -0.1) is 0 Å². The van der Waals surface area contributed by atoms with Crippen LogP contribution in [0.15, 0.2) is 42.5 Å². The number of hydrogen-bond acceptors (Lipinski definition) is 5. The average Bonchev–Trinajstić information content (AvgIpc) is 3.19. The van der Waals surface area contributed by atoms with E-state index in [4.69, 9.17) is 4.74 Å². The van der Waals surface area contributed by atoms with Gasteiger partial charge in [-0.25, -0.2) is 4.39 Å². The number of phenols is 1. The number of anilines is 2. The minimum Gasteiger partial charge on any atom is -0.508 e. The molecule has 0 spiro atoms. The number of nitrogens with one attached hydrogen (secondary N) is 1. The van der Waals surface area contributed by atoms with Gasteiger partial charge < -0.3 is 20.1 Å². The third-order valence-electron chi connectivity index (χ3n) is 6.63. The number of piperidine rings is 1. The molecule has 0 amide bonds. The average molecular weight is 397 g/mol. The fourth-order valence-corrected chi connectivity index (χ4v) is 4.94. The summed E-state index contributed by atoms with van der Waals surface area (Å²) in [5, 5.41) is 12.8. The van der Waals surface area contributed by atoms with Gasteiger partial charge in [-0.05, 0) is 53.6 Å². The van der Waals surface area contributed by atoms with Gasteiger partial charge in [0.2, 0.25) is 0 Å². The zero-order valence-electron chi connectivity index (χ0n) is 16.6. The molecule has 154 valence electrons. The predicted octanol–water partition coefficient (Wildman–Crippen LogP) is 3.16. The van der Waals surface area contributed by atoms with Crippen molar-refractivity contribution in [3.8, 4) is 5.75 Å². The highest BCUT2D eigenvalue weighted by Gasteiger charge is 2.54. The second-order valence-corrected chi connectivity index (χ2v) is 8.50. The van der Waals surface area contributed by atoms with E-state index in [-0.39, 0.29) is 5.82 Å². The lowest BCUT2D eigenvalue weighted by Crippen LogP contribution is -2.36. The minimum atomic E-state index is -0.159. The van der Waals surface area contributed by atoms with Crippen molar-refractivity contribution in [1.82, 2.24) is 4.90 Å². The number of ether oxygens (including phenoxy) is 1. The van der Waals surface area contributed by atoms with E-state index >= 15 is 0 Å². The number of likely N-dealkylation sites (tertiary alicyclic amines) is 1. The normalized spacial score (nSPS) is 26.4. The first kappa shape index (κ1) is 18.7. The number of fused-ring (bicyclic) bond motifs is 1. The van der Waals surface area contributed by atoms with Crippen LogP contribution < -0.4 is 10.2 Å². The monoisotopic (exact) mass is 397 g/mol. The Hall–Kier alpha value is -2.31. The molecule has 5 rings (SSSR count). The van der Waals surface area contributed by atoms with Gasteiger partial charge in [0.05, 0.1) is 18.9 Å². The molecule has 1 aliphatic carbocycles. The summed E-state index contributed by atoms with van der Waals surface area (Å²) in [5.74, 6) is 2.34. The van der Waals surface area contributed by atoms with Crippen LogP contribution in [0.5, 0.6) is 5.75 Å². The standard InChI is InChI=1S/C23H28FN3O2/c24-22-11-17(3-6-23(22)27-7-9-29-10-8-27)25-12-19-20-14-26(15-21(19)20)13-16-1-4-18(28)5-2-16/h1-6,11,19-21,25,28H,7-10,12-15H2. The second-order valence-electron chi connectivity index (χ2n) is 8.50. The van der Waals surface area contributed by atoms with Gasteiger partial charge in [-0.1, -0.05) is 12.1 Å². The number of nitrogens with zero attached hydrogens (tertiary/aromatic N) is 2. The third kappa shape index (κ3) is 4.05. The molecule has 1 saturated carbocycles. The Morgan fingerprint density at radius 3 is 2.45 bits per heavy atom. The molecule has 2 heterocycles. The molecule has 6 heteroatoms. The number of aromatic hydroxyl groups is 1. The maximum Gasteiger partial charge on any atom is 0.148 e. The first-order chi connectivity index (χ1) is 14.2. The zero-order chi connectivity index (χ0) is 19.8. The van der Waals surface area contributed by atoms with E-state index in [0.29, 0.717) is 30.6 Å². The molecule has 2 saturated heterocycles. The second kappa shape index (κ2) is 7.84. The van der Waals surface area contributed by atoms with Crippen LogP contribution in [0.4, 0.5) is 15.8 Å². The molecule has 0 bridgehead atoms. The Morgan fingerprint density at radius 1 is 1.03 bits per heavy atom. The molecule has 5 nitrogen and oxygen atoms in total. The van der Waals surface area contributed by atoms with E-state index in [2.05, 4.69) is 15.1 Å². The number of phenolic OH excluding ortho intramolecular Hbond substituents is 1. The van der Waals surface area contributed by atoms with Crippen molar-refractivity contribution in [2.75, 3.05) is 56.2 Å². The number of rotatable bonds is 6. The van der Waals surface area contributed by atoms with E-state index in [0.717, 1.165) is 56.8 Å². The summed E-state index contributed by atoms with van der Waals surface area (Å²) in [6, 6.07) is 13.0. The van der Waals surface area contributed by atoms with Crippen molar-refractivity contribution in [1.29, 1.82) is 0 Å². The van der Waals surface area contributed by atoms with E-state index in [1.165, 1.54) is 5.56 Å². The van der Waals surface area contributed by atoms with Crippen LogP contribution in [0.25, 0.3) is 0 Å². The summed E-state index contributed by atoms with van der Waals surface area (Å²) in [6.07, 6.45) is 0. The first-order valence-electron chi connectivity index (χ1n) is 10.5. The van der Waals surface area contributed by atoms with Gasteiger partial charge in [0.1, 0.15) is 11.6 Å². The van der Waals surface area contributed by atoms with Gasteiger partial charge in [0.25, 0.3) is 0 Å². The molecule has 0 radical (unpaired) electrons. The fraction of sp³-hybridized carbons (Fsp3) is 0.478. The first-order valence-corrected chi connectivity index (χ1v) is 10.5. The van der Waals surface area contributed by atoms with Crippen LogP contribution in [0.3, 0.4) is 0 Å². The third-order valence-corrected chi connectivity index (χ3v) is 6.63. The fourth-order valence-electron chi connectivity index (χ4n) is 4.94. The number of morpholine rings is 1. The molecule has 0 aromatic heterocycles. The van der Waals surface area contributed by atoms with Gasteiger partial charge in [-0.3, -0.25) is 4.90 Å². The quantitative estimate of drug-likeness (QED) is 0.784. The molecule has 2 aromatic carbocycles. The molecule has 2 atom stereocenters. The largest absolute Gasteiger partial charge is 0.508 e. The van der Waals surface area contributed by atoms with E-state index in [9.17, 15) is 9.50 Å². The lowest BCUT2D eigenvalue weighted by molar-refractivity contribution is 0.122. The summed E-state index contributed by atoms with van der Waals surface area (Å²) in [7, 11) is 0. The molecule has 2 N–H and O–H groups in total. The van der Waals surface area contributed by atoms with Crippen molar-refractivity contribution >= 4 is 11.4 Å². The van der Waals surface area contributed by atoms with Crippen LogP contribution in [-0.4, -0.2) is 55.9 Å². The summed E-state index contributed by atoms with van der Waals surface area (Å²) in [5.41, 5.74) is 2.78. The van der Waals surface area contributed by atoms with E-state index in [1.54, 1.807) is 18.2 Å². The van der Waals surface area contributed by atoms with Gasteiger partial charge >= 0.3 is 0 Å². The van der Waals surface area contributed by atoms with Crippen molar-refractivity contribution < 1.29 is 14.2 Å². The smallest absolute Gasteiger partial charge is 0.148 e. The molecule has 2 unspecified atom stereocenters. The van der Waals surface area contributed by atoms with Gasteiger partial charge in [-0.2, -0.15) is 0 Å². The Morgan fingerprint density at radius 2 is 1.76 bits per heavy atom. The summed E-state index contributed by atoms with van der Waals surface area (Å²) < 4.78 is 19.9. The zero-order valence-corrected chi connectivity index (χ0v) is 16.6.